The van der Waals surface area contributed by atoms with Crippen molar-refractivity contribution in [2.45, 2.75) is 5.75 Å². The summed E-state index contributed by atoms with van der Waals surface area (Å²) in [5.74, 6) is 0.632. The third-order valence-electron chi connectivity index (χ3n) is 3.45. The topological polar surface area (TPSA) is 32.7 Å². The Morgan fingerprint density at radius 2 is 1.87 bits per heavy atom. The number of halogens is 2. The lowest BCUT2D eigenvalue weighted by Crippen LogP contribution is -2.32. The molecule has 1 aliphatic rings. The van der Waals surface area contributed by atoms with Crippen LogP contribution in [0.2, 0.25) is 10.0 Å². The molecule has 2 aromatic rings. The Labute approximate surface area is 149 Å². The summed E-state index contributed by atoms with van der Waals surface area (Å²) >= 11 is 13.6. The van der Waals surface area contributed by atoms with E-state index in [9.17, 15) is 4.79 Å². The Balaban J connectivity index is 1.69. The first-order valence-electron chi connectivity index (χ1n) is 7.13. The maximum absolute atomic E-state index is 12.6. The van der Waals surface area contributed by atoms with Gasteiger partial charge in [0.15, 0.2) is 5.17 Å². The van der Waals surface area contributed by atoms with Crippen LogP contribution in [0.5, 0.6) is 0 Å². The third-order valence-corrected chi connectivity index (χ3v) is 5.14. The zero-order valence-electron chi connectivity index (χ0n) is 12.2. The van der Waals surface area contributed by atoms with Gasteiger partial charge in [0.05, 0.1) is 6.54 Å². The Bertz CT molecular complexity index is 747. The van der Waals surface area contributed by atoms with Crippen molar-refractivity contribution in [1.29, 1.82) is 0 Å². The van der Waals surface area contributed by atoms with E-state index in [1.165, 1.54) is 11.8 Å². The lowest BCUT2D eigenvalue weighted by molar-refractivity contribution is 0.0860. The average Bonchev–Trinajstić information content (AvgIpc) is 3.02. The molecule has 0 unspecified atom stereocenters. The molecule has 0 atom stereocenters. The van der Waals surface area contributed by atoms with Crippen LogP contribution >= 0.6 is 35.0 Å². The first-order chi connectivity index (χ1) is 11.1. The van der Waals surface area contributed by atoms with Gasteiger partial charge in [-0.15, -0.1) is 0 Å². The third kappa shape index (κ3) is 3.89. The maximum Gasteiger partial charge on any atom is 0.259 e. The quantitative estimate of drug-likeness (QED) is 0.787. The molecule has 0 aromatic heterocycles. The largest absolute Gasteiger partial charge is 0.286 e. The number of rotatable bonds is 3. The number of carbonyl (C=O) groups is 1. The predicted octanol–water partition coefficient (Wildman–Crippen LogP) is 4.74. The molecule has 0 bridgehead atoms. The molecule has 0 radical (unpaired) electrons. The van der Waals surface area contributed by atoms with Crippen molar-refractivity contribution in [2.75, 3.05) is 13.1 Å². The van der Waals surface area contributed by atoms with Crippen molar-refractivity contribution in [2.24, 2.45) is 4.99 Å². The molecule has 0 fully saturated rings. The molecule has 118 valence electrons. The van der Waals surface area contributed by atoms with E-state index in [1.54, 1.807) is 29.2 Å². The highest BCUT2D eigenvalue weighted by molar-refractivity contribution is 8.13. The molecule has 2 aromatic carbocycles. The SMILES string of the molecule is O=C(c1ccc(Cl)cc1)N1CCN=C1SCc1ccccc1Cl. The van der Waals surface area contributed by atoms with Gasteiger partial charge in [0.25, 0.3) is 5.91 Å². The molecule has 0 aliphatic carbocycles. The van der Waals surface area contributed by atoms with Gasteiger partial charge in [-0.2, -0.15) is 0 Å². The number of carbonyl (C=O) groups excluding carboxylic acids is 1. The molecule has 0 spiro atoms. The van der Waals surface area contributed by atoms with E-state index >= 15 is 0 Å². The summed E-state index contributed by atoms with van der Waals surface area (Å²) < 4.78 is 0. The van der Waals surface area contributed by atoms with E-state index in [1.807, 2.05) is 24.3 Å². The lowest BCUT2D eigenvalue weighted by atomic mass is 10.2. The molecular formula is C17H14Cl2N2OS. The van der Waals surface area contributed by atoms with Gasteiger partial charge >= 0.3 is 0 Å². The molecule has 0 saturated carbocycles. The summed E-state index contributed by atoms with van der Waals surface area (Å²) in [6, 6.07) is 14.6. The molecule has 3 rings (SSSR count). The molecule has 1 aliphatic heterocycles. The summed E-state index contributed by atoms with van der Waals surface area (Å²) in [5.41, 5.74) is 1.65. The fourth-order valence-electron chi connectivity index (χ4n) is 2.24. The second kappa shape index (κ2) is 7.39. The summed E-state index contributed by atoms with van der Waals surface area (Å²) in [4.78, 5) is 18.8. The number of amidine groups is 1. The second-order valence-electron chi connectivity index (χ2n) is 5.01. The van der Waals surface area contributed by atoms with Crippen LogP contribution < -0.4 is 0 Å². The van der Waals surface area contributed by atoms with Crippen LogP contribution in [0.25, 0.3) is 0 Å². The molecule has 1 heterocycles. The number of hydrogen-bond donors (Lipinski definition) is 0. The summed E-state index contributed by atoms with van der Waals surface area (Å²) in [6.07, 6.45) is 0. The van der Waals surface area contributed by atoms with E-state index in [4.69, 9.17) is 23.2 Å². The average molecular weight is 365 g/mol. The van der Waals surface area contributed by atoms with Crippen LogP contribution in [0.4, 0.5) is 0 Å². The molecule has 1 amide bonds. The van der Waals surface area contributed by atoms with E-state index in [0.717, 1.165) is 15.8 Å². The van der Waals surface area contributed by atoms with Gasteiger partial charge in [0, 0.05) is 27.9 Å². The van der Waals surface area contributed by atoms with Crippen LogP contribution in [0.3, 0.4) is 0 Å². The van der Waals surface area contributed by atoms with Crippen molar-refractivity contribution < 1.29 is 4.79 Å². The van der Waals surface area contributed by atoms with Crippen molar-refractivity contribution in [1.82, 2.24) is 4.90 Å². The minimum absolute atomic E-state index is 0.0513. The van der Waals surface area contributed by atoms with Gasteiger partial charge in [0.1, 0.15) is 0 Å². The minimum Gasteiger partial charge on any atom is -0.286 e. The van der Waals surface area contributed by atoms with Crippen molar-refractivity contribution in [3.05, 3.63) is 69.7 Å². The van der Waals surface area contributed by atoms with Gasteiger partial charge in [-0.05, 0) is 35.9 Å². The van der Waals surface area contributed by atoms with E-state index in [2.05, 4.69) is 4.99 Å². The monoisotopic (exact) mass is 364 g/mol. The van der Waals surface area contributed by atoms with Gasteiger partial charge in [-0.25, -0.2) is 0 Å². The zero-order valence-corrected chi connectivity index (χ0v) is 14.5. The summed E-state index contributed by atoms with van der Waals surface area (Å²) in [5, 5.41) is 2.09. The first-order valence-corrected chi connectivity index (χ1v) is 8.87. The van der Waals surface area contributed by atoms with Crippen LogP contribution in [-0.4, -0.2) is 29.1 Å². The maximum atomic E-state index is 12.6. The first kappa shape index (κ1) is 16.4. The van der Waals surface area contributed by atoms with Crippen LogP contribution in [0.15, 0.2) is 53.5 Å². The van der Waals surface area contributed by atoms with Gasteiger partial charge in [-0.3, -0.25) is 14.7 Å². The van der Waals surface area contributed by atoms with E-state index in [0.29, 0.717) is 29.4 Å². The molecule has 6 heteroatoms. The van der Waals surface area contributed by atoms with E-state index in [-0.39, 0.29) is 5.91 Å². The van der Waals surface area contributed by atoms with Crippen LogP contribution in [-0.2, 0) is 5.75 Å². The zero-order chi connectivity index (χ0) is 16.2. The second-order valence-corrected chi connectivity index (χ2v) is 6.79. The fourth-order valence-corrected chi connectivity index (χ4v) is 3.70. The molecule has 3 nitrogen and oxygen atoms in total. The number of amides is 1. The van der Waals surface area contributed by atoms with Gasteiger partial charge in [-0.1, -0.05) is 53.2 Å². The Hall–Kier alpha value is -1.49. The highest BCUT2D eigenvalue weighted by Gasteiger charge is 2.25. The van der Waals surface area contributed by atoms with Crippen molar-refractivity contribution >= 4 is 46.0 Å². The number of benzene rings is 2. The number of hydrogen-bond acceptors (Lipinski definition) is 3. The standard InChI is InChI=1S/C17H14Cl2N2OS/c18-14-7-5-12(6-8-14)16(22)21-10-9-20-17(21)23-11-13-3-1-2-4-15(13)19/h1-8H,9-11H2. The number of aliphatic imine (C=N–C) groups is 1. The van der Waals surface area contributed by atoms with Crippen molar-refractivity contribution in [3.63, 3.8) is 0 Å². The molecule has 0 N–H and O–H groups in total. The molecule has 23 heavy (non-hydrogen) atoms. The lowest BCUT2D eigenvalue weighted by Gasteiger charge is -2.18. The van der Waals surface area contributed by atoms with Crippen LogP contribution in [0.1, 0.15) is 15.9 Å². The van der Waals surface area contributed by atoms with Gasteiger partial charge < -0.3 is 0 Å². The Kier molecular flexibility index (Phi) is 5.26. The Morgan fingerprint density at radius 3 is 2.61 bits per heavy atom. The smallest absolute Gasteiger partial charge is 0.259 e. The minimum atomic E-state index is -0.0513. The predicted molar refractivity (Wildman–Crippen MR) is 97.5 cm³/mol. The normalized spacial score (nSPS) is 14.0. The fraction of sp³-hybridized carbons (Fsp3) is 0.176. The Morgan fingerprint density at radius 1 is 1.13 bits per heavy atom. The molecule has 0 saturated heterocycles. The highest BCUT2D eigenvalue weighted by Crippen LogP contribution is 2.25. The summed E-state index contributed by atoms with van der Waals surface area (Å²) in [6.45, 7) is 1.23. The highest BCUT2D eigenvalue weighted by atomic mass is 35.5. The van der Waals surface area contributed by atoms with Crippen molar-refractivity contribution in [3.8, 4) is 0 Å². The van der Waals surface area contributed by atoms with Crippen LogP contribution in [0, 0.1) is 0 Å². The molecular weight excluding hydrogens is 351 g/mol. The van der Waals surface area contributed by atoms with Gasteiger partial charge in [0.2, 0.25) is 0 Å². The number of thioether (sulfide) groups is 1. The van der Waals surface area contributed by atoms with E-state index < -0.39 is 0 Å². The summed E-state index contributed by atoms with van der Waals surface area (Å²) in [7, 11) is 0. The number of nitrogens with zero attached hydrogens (tertiary/aromatic N) is 2.